The van der Waals surface area contributed by atoms with Crippen molar-refractivity contribution in [2.24, 2.45) is 0 Å². The van der Waals surface area contributed by atoms with Gasteiger partial charge in [0.2, 0.25) is 0 Å². The highest BCUT2D eigenvalue weighted by Gasteiger charge is 2.39. The number of hydrogen-bond donors (Lipinski definition) is 1. The zero-order chi connectivity index (χ0) is 43.2. The van der Waals surface area contributed by atoms with Crippen LogP contribution in [0.15, 0.2) is 144 Å². The van der Waals surface area contributed by atoms with E-state index < -0.39 is 0 Å². The molecule has 0 amide bonds. The Morgan fingerprint density at radius 1 is 0.667 bits per heavy atom. The molecule has 4 nitrogen and oxygen atoms in total. The first kappa shape index (κ1) is 38.0. The minimum Gasteiger partial charge on any atom is -0.456 e. The van der Waals surface area contributed by atoms with Crippen LogP contribution in [0.4, 0.5) is 11.4 Å². The van der Waals surface area contributed by atoms with Crippen molar-refractivity contribution in [1.82, 2.24) is 4.57 Å². The highest BCUT2D eigenvalue weighted by Crippen LogP contribution is 2.50. The normalized spacial score (nSPS) is 16.0. The van der Waals surface area contributed by atoms with Crippen molar-refractivity contribution in [2.75, 3.05) is 5.32 Å². The molecule has 0 saturated heterocycles. The summed E-state index contributed by atoms with van der Waals surface area (Å²) in [6, 6.07) is 46.7. The predicted octanol–water partition coefficient (Wildman–Crippen LogP) is 13.9. The standard InChI is InChI=1S/C58H51BN2O2/c1-33-26-51(34-14-10-9-11-15-34)63-52-32-49-46(29-40(33)52)59-54-38(22-23-39-42-27-43-37-16-12-13-17-50(37)62-53(43)31-48(42)61(49)55(39)54)41-28-44-45(58(7,8)25-24-57(44,5)6)30-47(41)60-36-20-18-35(19-21-36)56(2,3)4/h9-23,26-32,59-60H,1,24-25H2,2-8H3. The van der Waals surface area contributed by atoms with Gasteiger partial charge >= 0.3 is 0 Å². The Balaban J connectivity index is 1.12. The number of anilines is 2. The summed E-state index contributed by atoms with van der Waals surface area (Å²) in [5, 5.41) is 8.70. The zero-order valence-corrected chi connectivity index (χ0v) is 37.3. The topological polar surface area (TPSA) is 39.3 Å². The molecule has 63 heavy (non-hydrogen) atoms. The Bertz CT molecular complexity index is 3460. The van der Waals surface area contributed by atoms with Crippen molar-refractivity contribution in [3.63, 3.8) is 0 Å². The second kappa shape index (κ2) is 13.2. The van der Waals surface area contributed by atoms with E-state index in [9.17, 15) is 0 Å². The van der Waals surface area contributed by atoms with E-state index in [1.165, 1.54) is 55.0 Å². The van der Waals surface area contributed by atoms with Crippen LogP contribution in [-0.4, -0.2) is 11.8 Å². The fraction of sp³-hybridized carbons (Fsp3) is 0.207. The van der Waals surface area contributed by atoms with Crippen molar-refractivity contribution < 1.29 is 9.15 Å². The van der Waals surface area contributed by atoms with E-state index in [0.29, 0.717) is 0 Å². The van der Waals surface area contributed by atoms with Crippen molar-refractivity contribution >= 4 is 84.7 Å². The Labute approximate surface area is 370 Å². The van der Waals surface area contributed by atoms with Gasteiger partial charge in [0.25, 0.3) is 0 Å². The second-order valence-electron chi connectivity index (χ2n) is 20.6. The summed E-state index contributed by atoms with van der Waals surface area (Å²) >= 11 is 0. The number of para-hydroxylation sites is 1. The van der Waals surface area contributed by atoms with E-state index in [2.05, 4.69) is 186 Å². The van der Waals surface area contributed by atoms with Crippen LogP contribution in [0.3, 0.4) is 0 Å². The smallest absolute Gasteiger partial charge is 0.198 e. The molecule has 0 atom stereocenters. The van der Waals surface area contributed by atoms with Crippen molar-refractivity contribution in [2.45, 2.75) is 77.6 Å². The molecule has 2 aliphatic heterocycles. The molecule has 308 valence electrons. The molecule has 5 heteroatoms. The average molecular weight is 819 g/mol. The van der Waals surface area contributed by atoms with Gasteiger partial charge in [0.15, 0.2) is 7.28 Å². The van der Waals surface area contributed by atoms with Crippen molar-refractivity contribution in [3.05, 3.63) is 168 Å². The molecule has 4 heterocycles. The summed E-state index contributed by atoms with van der Waals surface area (Å²) in [6.07, 6.45) is 4.38. The van der Waals surface area contributed by atoms with Gasteiger partial charge in [-0.2, -0.15) is 0 Å². The van der Waals surface area contributed by atoms with Gasteiger partial charge < -0.3 is 19.0 Å². The largest absolute Gasteiger partial charge is 0.456 e. The number of rotatable bonds is 4. The Hall–Kier alpha value is -6.72. The fourth-order valence-electron chi connectivity index (χ4n) is 10.8. The highest BCUT2D eigenvalue weighted by atomic mass is 16.5. The number of aromatic nitrogens is 1. The van der Waals surface area contributed by atoms with Crippen LogP contribution in [-0.2, 0) is 16.2 Å². The molecule has 0 saturated carbocycles. The number of hydrogen-bond acceptors (Lipinski definition) is 3. The van der Waals surface area contributed by atoms with Gasteiger partial charge in [0.1, 0.15) is 22.7 Å². The summed E-state index contributed by atoms with van der Waals surface area (Å²) < 4.78 is 15.8. The van der Waals surface area contributed by atoms with Gasteiger partial charge in [-0.25, -0.2) is 0 Å². The monoisotopic (exact) mass is 818 g/mol. The zero-order valence-electron chi connectivity index (χ0n) is 37.3. The molecule has 0 fully saturated rings. The average Bonchev–Trinajstić information content (AvgIpc) is 3.80. The molecule has 3 aliphatic rings. The maximum absolute atomic E-state index is 6.78. The van der Waals surface area contributed by atoms with Gasteiger partial charge in [-0.15, -0.1) is 0 Å². The van der Waals surface area contributed by atoms with Gasteiger partial charge in [-0.05, 0) is 105 Å². The number of nitrogens with one attached hydrogen (secondary N) is 1. The number of fused-ring (bicyclic) bond motifs is 10. The van der Waals surface area contributed by atoms with E-state index in [0.717, 1.165) is 92.8 Å². The maximum atomic E-state index is 6.78. The van der Waals surface area contributed by atoms with Gasteiger partial charge in [0.05, 0.1) is 5.52 Å². The van der Waals surface area contributed by atoms with Gasteiger partial charge in [-0.3, -0.25) is 0 Å². The number of nitrogens with zero attached hydrogens (tertiary/aromatic N) is 1. The number of allylic oxidation sites excluding steroid dienone is 2. The lowest BCUT2D eigenvalue weighted by atomic mass is 9.58. The van der Waals surface area contributed by atoms with Crippen LogP contribution in [0.1, 0.15) is 89.1 Å². The van der Waals surface area contributed by atoms with Crippen LogP contribution in [0.2, 0.25) is 0 Å². The van der Waals surface area contributed by atoms with E-state index in [1.807, 2.05) is 12.1 Å². The molecule has 9 aromatic rings. The van der Waals surface area contributed by atoms with Crippen LogP contribution in [0.5, 0.6) is 5.75 Å². The molecule has 7 aromatic carbocycles. The minimum absolute atomic E-state index is 0.0394. The third-order valence-corrected chi connectivity index (χ3v) is 14.6. The Morgan fingerprint density at radius 3 is 2.16 bits per heavy atom. The minimum atomic E-state index is 0.0394. The predicted molar refractivity (Wildman–Crippen MR) is 268 cm³/mol. The molecule has 0 spiro atoms. The summed E-state index contributed by atoms with van der Waals surface area (Å²) in [6.45, 7) is 21.1. The Morgan fingerprint density at radius 2 is 1.40 bits per heavy atom. The lowest BCUT2D eigenvalue weighted by molar-refractivity contribution is 0.332. The first-order valence-electron chi connectivity index (χ1n) is 22.5. The van der Waals surface area contributed by atoms with Crippen LogP contribution in [0.25, 0.3) is 71.9 Å². The van der Waals surface area contributed by atoms with Crippen LogP contribution >= 0.6 is 0 Å². The van der Waals surface area contributed by atoms with Crippen molar-refractivity contribution in [3.8, 4) is 22.6 Å². The van der Waals surface area contributed by atoms with Gasteiger partial charge in [-0.1, -0.05) is 139 Å². The molecule has 0 radical (unpaired) electrons. The fourth-order valence-corrected chi connectivity index (χ4v) is 10.8. The molecule has 1 aliphatic carbocycles. The molecule has 0 unspecified atom stereocenters. The third-order valence-electron chi connectivity index (χ3n) is 14.6. The molecule has 0 bridgehead atoms. The van der Waals surface area contributed by atoms with Crippen LogP contribution in [0, 0.1) is 0 Å². The van der Waals surface area contributed by atoms with Crippen molar-refractivity contribution in [1.29, 1.82) is 0 Å². The SMILES string of the molecule is C=C1C=C(c2ccccc2)Oc2cc3c(cc21)Bc1c(-c2cc4c(cc2Nc2ccc(C(C)(C)C)cc2)C(C)(C)CCC4(C)C)ccc2c4cc5c(cc4n-3c12)oc1ccccc15. The molecule has 1 N–H and O–H groups in total. The number of furan rings is 1. The first-order chi connectivity index (χ1) is 30.2. The number of ether oxygens (including phenoxy) is 1. The Kier molecular flexibility index (Phi) is 7.93. The summed E-state index contributed by atoms with van der Waals surface area (Å²) in [7, 11) is 0.763. The second-order valence-corrected chi connectivity index (χ2v) is 20.6. The van der Waals surface area contributed by atoms with E-state index in [4.69, 9.17) is 9.15 Å². The quantitative estimate of drug-likeness (QED) is 0.180. The van der Waals surface area contributed by atoms with E-state index in [1.54, 1.807) is 0 Å². The highest BCUT2D eigenvalue weighted by molar-refractivity contribution is 6.73. The summed E-state index contributed by atoms with van der Waals surface area (Å²) in [5.41, 5.74) is 19.9. The van der Waals surface area contributed by atoms with E-state index >= 15 is 0 Å². The van der Waals surface area contributed by atoms with Gasteiger partial charge in [0, 0.05) is 72.9 Å². The molecular weight excluding hydrogens is 767 g/mol. The van der Waals surface area contributed by atoms with Crippen LogP contribution < -0.4 is 21.0 Å². The molecule has 2 aromatic heterocycles. The summed E-state index contributed by atoms with van der Waals surface area (Å²) in [5.74, 6) is 1.63. The third kappa shape index (κ3) is 5.82. The maximum Gasteiger partial charge on any atom is 0.198 e. The van der Waals surface area contributed by atoms with E-state index in [-0.39, 0.29) is 16.2 Å². The molecule has 12 rings (SSSR count). The lowest BCUT2D eigenvalue weighted by Crippen LogP contribution is -2.38. The first-order valence-corrected chi connectivity index (χ1v) is 22.5. The molecular formula is C58H51BN2O2. The number of benzene rings is 7. The lowest BCUT2D eigenvalue weighted by Gasteiger charge is -2.42. The summed E-state index contributed by atoms with van der Waals surface area (Å²) in [4.78, 5) is 0.